The molecule has 8 nitrogen and oxygen atoms in total. The van der Waals surface area contributed by atoms with Crippen molar-refractivity contribution in [3.8, 4) is 39.8 Å². The summed E-state index contributed by atoms with van der Waals surface area (Å²) in [5.41, 5.74) is 5.16. The van der Waals surface area contributed by atoms with E-state index in [2.05, 4.69) is 23.9 Å². The van der Waals surface area contributed by atoms with Gasteiger partial charge in [-0.2, -0.15) is 14.6 Å². The fraction of sp³-hybridized carbons (Fsp3) is 0.212. The van der Waals surface area contributed by atoms with Crippen molar-refractivity contribution in [3.05, 3.63) is 105 Å². The Hall–Kier alpha value is -4.76. The molecule has 9 heteroatoms. The molecule has 3 heterocycles. The van der Waals surface area contributed by atoms with Crippen LogP contribution in [0.5, 0.6) is 11.5 Å². The summed E-state index contributed by atoms with van der Waals surface area (Å²) in [5.74, 6) is 2.14. The first kappa shape index (κ1) is 27.4. The SMILES string of the molecule is CCCOc1ccc(-c2nc3s/c(=C\c4cn(-c5ccccc5)nc4-c4ccc(OCCC)cc4C)c(=O)n3n2)cc1. The number of rotatable bonds is 10. The van der Waals surface area contributed by atoms with Gasteiger partial charge in [0.15, 0.2) is 5.82 Å². The number of para-hydroxylation sites is 1. The van der Waals surface area contributed by atoms with Gasteiger partial charge < -0.3 is 9.47 Å². The summed E-state index contributed by atoms with van der Waals surface area (Å²) < 4.78 is 15.3. The Morgan fingerprint density at radius 2 is 1.60 bits per heavy atom. The first-order chi connectivity index (χ1) is 20.5. The Kier molecular flexibility index (Phi) is 7.83. The van der Waals surface area contributed by atoms with E-state index < -0.39 is 0 Å². The highest BCUT2D eigenvalue weighted by Crippen LogP contribution is 2.30. The van der Waals surface area contributed by atoms with Crippen LogP contribution in [-0.2, 0) is 0 Å². The zero-order valence-corrected chi connectivity index (χ0v) is 24.6. The number of thiazole rings is 1. The molecule has 0 bridgehead atoms. The van der Waals surface area contributed by atoms with Crippen LogP contribution in [0.1, 0.15) is 37.8 Å². The molecule has 0 radical (unpaired) electrons. The van der Waals surface area contributed by atoms with Crippen molar-refractivity contribution in [1.82, 2.24) is 24.4 Å². The van der Waals surface area contributed by atoms with Crippen molar-refractivity contribution in [2.75, 3.05) is 13.2 Å². The van der Waals surface area contributed by atoms with Crippen LogP contribution in [0.2, 0.25) is 0 Å². The van der Waals surface area contributed by atoms with Crippen molar-refractivity contribution in [1.29, 1.82) is 0 Å². The van der Waals surface area contributed by atoms with E-state index in [4.69, 9.17) is 14.6 Å². The zero-order chi connectivity index (χ0) is 29.1. The molecule has 42 heavy (non-hydrogen) atoms. The third-order valence-corrected chi connectivity index (χ3v) is 7.70. The molecule has 6 aromatic rings. The molecule has 0 spiro atoms. The maximum Gasteiger partial charge on any atom is 0.291 e. The van der Waals surface area contributed by atoms with Crippen LogP contribution in [0, 0.1) is 6.92 Å². The molecular formula is C33H31N5O3S. The van der Waals surface area contributed by atoms with E-state index in [1.54, 1.807) is 0 Å². The number of nitrogens with zero attached hydrogens (tertiary/aromatic N) is 5. The van der Waals surface area contributed by atoms with Crippen LogP contribution in [0.4, 0.5) is 0 Å². The second-order valence-electron chi connectivity index (χ2n) is 9.96. The third kappa shape index (κ3) is 5.56. The van der Waals surface area contributed by atoms with E-state index in [1.807, 2.05) is 96.7 Å². The highest BCUT2D eigenvalue weighted by atomic mass is 32.1. The van der Waals surface area contributed by atoms with Gasteiger partial charge in [0, 0.05) is 22.9 Å². The monoisotopic (exact) mass is 577 g/mol. The number of hydrogen-bond donors (Lipinski definition) is 0. The average molecular weight is 578 g/mol. The minimum absolute atomic E-state index is 0.213. The van der Waals surface area contributed by atoms with Crippen LogP contribution < -0.4 is 19.6 Å². The predicted octanol–water partition coefficient (Wildman–Crippen LogP) is 6.10. The average Bonchev–Trinajstić information content (AvgIpc) is 3.71. The fourth-order valence-corrected chi connectivity index (χ4v) is 5.54. The number of fused-ring (bicyclic) bond motifs is 1. The van der Waals surface area contributed by atoms with E-state index >= 15 is 0 Å². The molecule has 0 saturated heterocycles. The van der Waals surface area contributed by atoms with Gasteiger partial charge in [0.1, 0.15) is 17.2 Å². The zero-order valence-electron chi connectivity index (χ0n) is 23.8. The van der Waals surface area contributed by atoms with Crippen molar-refractivity contribution in [3.63, 3.8) is 0 Å². The molecule has 3 aromatic heterocycles. The molecule has 0 unspecified atom stereocenters. The van der Waals surface area contributed by atoms with Gasteiger partial charge in [-0.3, -0.25) is 4.79 Å². The number of benzene rings is 3. The number of hydrogen-bond acceptors (Lipinski definition) is 7. The summed E-state index contributed by atoms with van der Waals surface area (Å²) in [5, 5.41) is 9.48. The smallest absolute Gasteiger partial charge is 0.291 e. The van der Waals surface area contributed by atoms with Crippen LogP contribution in [0.3, 0.4) is 0 Å². The van der Waals surface area contributed by atoms with Crippen molar-refractivity contribution < 1.29 is 9.47 Å². The lowest BCUT2D eigenvalue weighted by atomic mass is 10.0. The molecule has 0 fully saturated rings. The van der Waals surface area contributed by atoms with E-state index in [0.29, 0.717) is 28.5 Å². The van der Waals surface area contributed by atoms with Crippen LogP contribution in [0.25, 0.3) is 39.4 Å². The Bertz CT molecular complexity index is 1940. The number of aryl methyl sites for hydroxylation is 1. The Morgan fingerprint density at radius 3 is 2.29 bits per heavy atom. The van der Waals surface area contributed by atoms with Gasteiger partial charge in [0.2, 0.25) is 4.96 Å². The van der Waals surface area contributed by atoms with E-state index in [-0.39, 0.29) is 5.56 Å². The van der Waals surface area contributed by atoms with Gasteiger partial charge in [-0.05, 0) is 86.0 Å². The lowest BCUT2D eigenvalue weighted by Gasteiger charge is -2.09. The van der Waals surface area contributed by atoms with Crippen LogP contribution >= 0.6 is 11.3 Å². The first-order valence-corrected chi connectivity index (χ1v) is 14.9. The summed E-state index contributed by atoms with van der Waals surface area (Å²) >= 11 is 1.31. The second kappa shape index (κ2) is 12.0. The fourth-order valence-electron chi connectivity index (χ4n) is 4.64. The van der Waals surface area contributed by atoms with Crippen LogP contribution in [0.15, 0.2) is 83.8 Å². The predicted molar refractivity (Wildman–Crippen MR) is 167 cm³/mol. The topological polar surface area (TPSA) is 83.5 Å². The van der Waals surface area contributed by atoms with Gasteiger partial charge in [-0.15, -0.1) is 5.10 Å². The highest BCUT2D eigenvalue weighted by molar-refractivity contribution is 7.15. The standard InChI is InChI=1S/C33H31N5O3S/c1-4-17-40-26-13-11-23(12-14-26)31-34-33-38(36-31)32(39)29(42-33)20-24-21-37(25-9-7-6-8-10-25)35-30(24)28-16-15-27(19-22(28)3)41-18-5-2/h6-16,19-21H,4-5,17-18H2,1-3H3/b29-20-. The van der Waals surface area contributed by atoms with E-state index in [1.165, 1.54) is 15.9 Å². The van der Waals surface area contributed by atoms with Gasteiger partial charge in [-0.25, -0.2) is 4.68 Å². The summed E-state index contributed by atoms with van der Waals surface area (Å²) in [7, 11) is 0. The highest BCUT2D eigenvalue weighted by Gasteiger charge is 2.16. The Balaban J connectivity index is 1.39. The Morgan fingerprint density at radius 1 is 0.881 bits per heavy atom. The maximum absolute atomic E-state index is 13.5. The van der Waals surface area contributed by atoms with E-state index in [0.717, 1.165) is 58.0 Å². The van der Waals surface area contributed by atoms with Crippen molar-refractivity contribution in [2.45, 2.75) is 33.6 Å². The quantitative estimate of drug-likeness (QED) is 0.196. The summed E-state index contributed by atoms with van der Waals surface area (Å²) in [4.78, 5) is 18.7. The molecule has 0 aliphatic carbocycles. The summed E-state index contributed by atoms with van der Waals surface area (Å²) in [6, 6.07) is 23.6. The molecule has 212 valence electrons. The van der Waals surface area contributed by atoms with Crippen molar-refractivity contribution in [2.24, 2.45) is 0 Å². The molecule has 0 N–H and O–H groups in total. The molecule has 0 aliphatic rings. The molecule has 0 saturated carbocycles. The largest absolute Gasteiger partial charge is 0.494 e. The van der Waals surface area contributed by atoms with E-state index in [9.17, 15) is 4.79 Å². The minimum atomic E-state index is -0.213. The third-order valence-electron chi connectivity index (χ3n) is 6.74. The maximum atomic E-state index is 13.5. The lowest BCUT2D eigenvalue weighted by molar-refractivity contribution is 0.317. The minimum Gasteiger partial charge on any atom is -0.494 e. The van der Waals surface area contributed by atoms with Crippen LogP contribution in [-0.4, -0.2) is 37.6 Å². The first-order valence-electron chi connectivity index (χ1n) is 14.1. The van der Waals surface area contributed by atoms with Crippen molar-refractivity contribution >= 4 is 22.4 Å². The Labute approximate surface area is 247 Å². The van der Waals surface area contributed by atoms with Gasteiger partial charge >= 0.3 is 0 Å². The number of ether oxygens (including phenoxy) is 2. The summed E-state index contributed by atoms with van der Waals surface area (Å²) in [6.07, 6.45) is 5.72. The van der Waals surface area contributed by atoms with Gasteiger partial charge in [-0.1, -0.05) is 43.4 Å². The molecule has 0 aliphatic heterocycles. The lowest BCUT2D eigenvalue weighted by Crippen LogP contribution is -2.23. The van der Waals surface area contributed by atoms with Gasteiger partial charge in [0.05, 0.1) is 23.4 Å². The molecular weight excluding hydrogens is 546 g/mol. The second-order valence-corrected chi connectivity index (χ2v) is 11.0. The molecule has 0 atom stereocenters. The van der Waals surface area contributed by atoms with Gasteiger partial charge in [0.25, 0.3) is 5.56 Å². The number of aromatic nitrogens is 5. The molecule has 6 rings (SSSR count). The molecule has 3 aromatic carbocycles. The summed E-state index contributed by atoms with van der Waals surface area (Å²) in [6.45, 7) is 7.54. The normalized spacial score (nSPS) is 11.8. The molecule has 0 amide bonds.